The van der Waals surface area contributed by atoms with Crippen LogP contribution in [0.2, 0.25) is 0 Å². The lowest BCUT2D eigenvalue weighted by Crippen LogP contribution is -2.51. The van der Waals surface area contributed by atoms with Crippen LogP contribution in [0, 0.1) is 29.6 Å². The van der Waals surface area contributed by atoms with E-state index in [1.54, 1.807) is 6.92 Å². The lowest BCUT2D eigenvalue weighted by atomic mass is 9.59. The molecule has 1 aromatic heterocycles. The smallest absolute Gasteiger partial charge is 0.309 e. The number of hydrogen-bond donors (Lipinski definition) is 0. The Morgan fingerprint density at radius 2 is 2.10 bits per heavy atom. The Labute approximate surface area is 178 Å². The molecule has 3 aliphatic heterocycles. The summed E-state index contributed by atoms with van der Waals surface area (Å²) in [5.74, 6) is 1.37. The molecule has 1 aromatic rings. The zero-order valence-corrected chi connectivity index (χ0v) is 17.9. The third-order valence-corrected chi connectivity index (χ3v) is 7.83. The Hall–Kier alpha value is -2.37. The van der Waals surface area contributed by atoms with Crippen LogP contribution in [0.15, 0.2) is 24.4 Å². The number of fused-ring (bicyclic) bond motifs is 2. The van der Waals surface area contributed by atoms with E-state index in [0.717, 1.165) is 44.7 Å². The number of amides is 1. The summed E-state index contributed by atoms with van der Waals surface area (Å²) in [7, 11) is 0. The van der Waals surface area contributed by atoms with E-state index in [9.17, 15) is 9.59 Å². The van der Waals surface area contributed by atoms with Gasteiger partial charge in [-0.3, -0.25) is 14.6 Å². The van der Waals surface area contributed by atoms with Crippen LogP contribution in [0.3, 0.4) is 0 Å². The van der Waals surface area contributed by atoms with Crippen molar-refractivity contribution in [3.05, 3.63) is 30.1 Å². The first kappa shape index (κ1) is 19.6. The predicted molar refractivity (Wildman–Crippen MR) is 115 cm³/mol. The van der Waals surface area contributed by atoms with E-state index >= 15 is 0 Å². The summed E-state index contributed by atoms with van der Waals surface area (Å²) in [6, 6.07) is 4.23. The highest BCUT2D eigenvalue weighted by atomic mass is 16.6. The number of pyridine rings is 1. The minimum absolute atomic E-state index is 0.0503. The van der Waals surface area contributed by atoms with Gasteiger partial charge in [0.15, 0.2) is 0 Å². The van der Waals surface area contributed by atoms with E-state index in [1.807, 2.05) is 18.0 Å². The molecule has 0 unspecified atom stereocenters. The molecule has 4 aliphatic rings. The van der Waals surface area contributed by atoms with Crippen molar-refractivity contribution in [1.82, 2.24) is 9.88 Å². The summed E-state index contributed by atoms with van der Waals surface area (Å²) in [4.78, 5) is 33.4. The standard InChI is InChI=1S/C24H31N3O3/c1-15-23-21(7-5-18-4-6-19(13-25-18)26-9-3-10-26)20-8-11-27(16(2)28)14-17(20)12-22(23)24(29)30-15/h4-7,13,15,17,20-23H,3,8-12,14H2,1-2H3/b7-5+/t15-,17-,20-,21+,22-,23+/m1/s1. The van der Waals surface area contributed by atoms with Gasteiger partial charge in [-0.05, 0) is 62.1 Å². The molecule has 0 radical (unpaired) electrons. The molecule has 5 rings (SSSR count). The molecule has 0 bridgehead atoms. The Balaban J connectivity index is 1.38. The quantitative estimate of drug-likeness (QED) is 0.718. The van der Waals surface area contributed by atoms with Crippen molar-refractivity contribution in [2.75, 3.05) is 31.1 Å². The van der Waals surface area contributed by atoms with Crippen molar-refractivity contribution in [3.8, 4) is 0 Å². The summed E-state index contributed by atoms with van der Waals surface area (Å²) in [5, 5.41) is 0. The van der Waals surface area contributed by atoms with Crippen LogP contribution < -0.4 is 4.90 Å². The molecule has 4 heterocycles. The molecule has 3 saturated heterocycles. The molecule has 1 saturated carbocycles. The van der Waals surface area contributed by atoms with Gasteiger partial charge in [0.25, 0.3) is 0 Å². The maximum absolute atomic E-state index is 12.5. The molecule has 6 atom stereocenters. The van der Waals surface area contributed by atoms with Gasteiger partial charge in [-0.2, -0.15) is 0 Å². The summed E-state index contributed by atoms with van der Waals surface area (Å²) < 4.78 is 5.66. The number of anilines is 1. The molecule has 0 spiro atoms. The van der Waals surface area contributed by atoms with E-state index in [0.29, 0.717) is 11.8 Å². The molecule has 6 nitrogen and oxygen atoms in total. The number of likely N-dealkylation sites (tertiary alicyclic amines) is 1. The van der Waals surface area contributed by atoms with E-state index in [1.165, 1.54) is 12.1 Å². The highest BCUT2D eigenvalue weighted by Crippen LogP contribution is 2.51. The summed E-state index contributed by atoms with van der Waals surface area (Å²) in [5.41, 5.74) is 2.15. The predicted octanol–water partition coefficient (Wildman–Crippen LogP) is 2.99. The van der Waals surface area contributed by atoms with Gasteiger partial charge < -0.3 is 14.5 Å². The first-order valence-electron chi connectivity index (χ1n) is 11.4. The summed E-state index contributed by atoms with van der Waals surface area (Å²) in [6.07, 6.45) is 9.40. The van der Waals surface area contributed by atoms with E-state index in [4.69, 9.17) is 4.74 Å². The van der Waals surface area contributed by atoms with E-state index in [2.05, 4.69) is 34.2 Å². The maximum Gasteiger partial charge on any atom is 0.309 e. The van der Waals surface area contributed by atoms with Crippen LogP contribution in [0.1, 0.15) is 38.8 Å². The molecule has 0 aromatic carbocycles. The van der Waals surface area contributed by atoms with Crippen LogP contribution in [0.25, 0.3) is 6.08 Å². The fourth-order valence-electron chi connectivity index (χ4n) is 6.11. The second-order valence-electron chi connectivity index (χ2n) is 9.46. The first-order chi connectivity index (χ1) is 14.5. The van der Waals surface area contributed by atoms with Gasteiger partial charge in [-0.15, -0.1) is 0 Å². The monoisotopic (exact) mass is 409 g/mol. The lowest BCUT2D eigenvalue weighted by Gasteiger charge is -2.48. The molecule has 1 amide bonds. The average molecular weight is 410 g/mol. The van der Waals surface area contributed by atoms with Gasteiger partial charge in [0.1, 0.15) is 6.10 Å². The van der Waals surface area contributed by atoms with Crippen LogP contribution in [-0.2, 0) is 14.3 Å². The second kappa shape index (κ2) is 7.71. The number of carbonyl (C=O) groups is 2. The molecule has 0 N–H and O–H groups in total. The molecule has 4 fully saturated rings. The number of nitrogens with zero attached hydrogens (tertiary/aromatic N) is 3. The number of ether oxygens (including phenoxy) is 1. The second-order valence-corrected chi connectivity index (χ2v) is 9.46. The van der Waals surface area contributed by atoms with Crippen LogP contribution >= 0.6 is 0 Å². The van der Waals surface area contributed by atoms with Gasteiger partial charge in [0.05, 0.1) is 23.5 Å². The fraction of sp³-hybridized carbons (Fsp3) is 0.625. The van der Waals surface area contributed by atoms with Gasteiger partial charge in [0.2, 0.25) is 5.91 Å². The number of cyclic esters (lactones) is 1. The molecular weight excluding hydrogens is 378 g/mol. The van der Waals surface area contributed by atoms with Crippen molar-refractivity contribution in [1.29, 1.82) is 0 Å². The number of esters is 1. The first-order valence-corrected chi connectivity index (χ1v) is 11.4. The number of allylic oxidation sites excluding steroid dienone is 1. The van der Waals surface area contributed by atoms with Gasteiger partial charge >= 0.3 is 5.97 Å². The lowest BCUT2D eigenvalue weighted by molar-refractivity contribution is -0.144. The zero-order chi connectivity index (χ0) is 20.8. The zero-order valence-electron chi connectivity index (χ0n) is 17.9. The number of carbonyl (C=O) groups excluding carboxylic acids is 2. The maximum atomic E-state index is 12.5. The van der Waals surface area contributed by atoms with Crippen LogP contribution in [0.4, 0.5) is 5.69 Å². The van der Waals surface area contributed by atoms with Crippen molar-refractivity contribution < 1.29 is 14.3 Å². The van der Waals surface area contributed by atoms with Crippen LogP contribution in [0.5, 0.6) is 0 Å². The molecule has 30 heavy (non-hydrogen) atoms. The molecule has 160 valence electrons. The highest BCUT2D eigenvalue weighted by Gasteiger charge is 2.54. The third kappa shape index (κ3) is 3.40. The van der Waals surface area contributed by atoms with E-state index < -0.39 is 0 Å². The van der Waals surface area contributed by atoms with Gasteiger partial charge in [-0.25, -0.2) is 0 Å². The van der Waals surface area contributed by atoms with Crippen molar-refractivity contribution in [2.45, 2.75) is 39.2 Å². The van der Waals surface area contributed by atoms with Crippen LogP contribution in [-0.4, -0.2) is 54.0 Å². The van der Waals surface area contributed by atoms with Gasteiger partial charge in [0, 0.05) is 39.0 Å². The summed E-state index contributed by atoms with van der Waals surface area (Å²) >= 11 is 0. The molecule has 6 heteroatoms. The Morgan fingerprint density at radius 1 is 1.27 bits per heavy atom. The highest BCUT2D eigenvalue weighted by molar-refractivity contribution is 5.76. The minimum Gasteiger partial charge on any atom is -0.462 e. The van der Waals surface area contributed by atoms with E-state index in [-0.39, 0.29) is 35.7 Å². The third-order valence-electron chi connectivity index (χ3n) is 7.83. The number of piperidine rings is 1. The Bertz CT molecular complexity index is 848. The Morgan fingerprint density at radius 3 is 2.77 bits per heavy atom. The molecular formula is C24H31N3O3. The number of hydrogen-bond acceptors (Lipinski definition) is 5. The summed E-state index contributed by atoms with van der Waals surface area (Å²) in [6.45, 7) is 7.49. The fourth-order valence-corrected chi connectivity index (χ4v) is 6.11. The SMILES string of the molecule is CC(=O)N1CC[C@@H]2[C@H](C[C@H]3C(=O)O[C@H](C)[C@H]3[C@H]2/C=C/c2ccc(N3CCC3)cn2)C1. The average Bonchev–Trinajstić information content (AvgIpc) is 2.98. The normalized spacial score (nSPS) is 35.6. The molecule has 1 aliphatic carbocycles. The number of rotatable bonds is 3. The number of aromatic nitrogens is 1. The van der Waals surface area contributed by atoms with Gasteiger partial charge in [-0.1, -0.05) is 6.08 Å². The minimum atomic E-state index is -0.0543. The topological polar surface area (TPSA) is 62.7 Å². The van der Waals surface area contributed by atoms with Crippen molar-refractivity contribution >= 4 is 23.6 Å². The largest absolute Gasteiger partial charge is 0.462 e. The Kier molecular flexibility index (Phi) is 5.03. The van der Waals surface area contributed by atoms with Crippen molar-refractivity contribution in [3.63, 3.8) is 0 Å². The van der Waals surface area contributed by atoms with Crippen molar-refractivity contribution in [2.24, 2.45) is 29.6 Å².